The van der Waals surface area contributed by atoms with Crippen molar-refractivity contribution < 1.29 is 23.7 Å². The molecule has 0 unspecified atom stereocenters. The molecule has 10 heteroatoms. The third-order valence-electron chi connectivity index (χ3n) is 6.72. The van der Waals surface area contributed by atoms with Gasteiger partial charge in [-0.2, -0.15) is 0 Å². The summed E-state index contributed by atoms with van der Waals surface area (Å²) in [6, 6.07) is 14.5. The van der Waals surface area contributed by atoms with E-state index in [1.165, 1.54) is 11.3 Å². The number of hydrogen-bond acceptors (Lipinski definition) is 8. The first-order valence-electron chi connectivity index (χ1n) is 12.3. The number of nitrogens with zero attached hydrogens (tertiary/aromatic N) is 2. The van der Waals surface area contributed by atoms with Gasteiger partial charge in [0.2, 0.25) is 6.79 Å². The lowest BCUT2D eigenvalue weighted by atomic mass is 9.90. The topological polar surface area (TPSA) is 88.4 Å². The second kappa shape index (κ2) is 10.0. The molecule has 6 rings (SSSR count). The average Bonchev–Trinajstić information content (AvgIpc) is 3.50. The molecule has 39 heavy (non-hydrogen) atoms. The molecule has 1 aromatic heterocycles. The van der Waals surface area contributed by atoms with E-state index in [0.29, 0.717) is 43.4 Å². The molecular weight excluding hydrogens is 584 g/mol. The summed E-state index contributed by atoms with van der Waals surface area (Å²) in [6.45, 7) is 3.86. The van der Waals surface area contributed by atoms with E-state index in [0.717, 1.165) is 20.8 Å². The number of halogens is 1. The number of allylic oxidation sites excluding steroid dienone is 1. The van der Waals surface area contributed by atoms with Crippen LogP contribution in [-0.4, -0.2) is 31.0 Å². The van der Waals surface area contributed by atoms with E-state index in [1.807, 2.05) is 48.5 Å². The van der Waals surface area contributed by atoms with Crippen molar-refractivity contribution >= 4 is 50.1 Å². The highest BCUT2D eigenvalue weighted by molar-refractivity contribution is 9.10. The molecule has 0 radical (unpaired) electrons. The maximum Gasteiger partial charge on any atom is 0.338 e. The van der Waals surface area contributed by atoms with Gasteiger partial charge in [-0.15, -0.1) is 0 Å². The Morgan fingerprint density at radius 1 is 1.21 bits per heavy atom. The van der Waals surface area contributed by atoms with Gasteiger partial charge >= 0.3 is 5.97 Å². The van der Waals surface area contributed by atoms with Gasteiger partial charge in [-0.3, -0.25) is 9.36 Å². The largest absolute Gasteiger partial charge is 0.496 e. The number of aromatic nitrogens is 1. The first kappa shape index (κ1) is 25.4. The molecule has 0 fully saturated rings. The van der Waals surface area contributed by atoms with Crippen molar-refractivity contribution in [2.45, 2.75) is 19.9 Å². The zero-order valence-corrected chi connectivity index (χ0v) is 23.7. The summed E-state index contributed by atoms with van der Waals surface area (Å²) in [5.41, 5.74) is 1.97. The van der Waals surface area contributed by atoms with E-state index in [4.69, 9.17) is 18.9 Å². The Labute approximate surface area is 235 Å². The highest BCUT2D eigenvalue weighted by atomic mass is 79.9. The second-order valence-electron chi connectivity index (χ2n) is 8.93. The third kappa shape index (κ3) is 4.24. The van der Waals surface area contributed by atoms with Crippen LogP contribution in [0.15, 0.2) is 74.1 Å². The minimum atomic E-state index is -0.802. The Morgan fingerprint density at radius 3 is 2.74 bits per heavy atom. The summed E-state index contributed by atoms with van der Waals surface area (Å²) >= 11 is 4.83. The summed E-state index contributed by atoms with van der Waals surface area (Å²) in [5.74, 6) is 1.28. The quantitative estimate of drug-likeness (QED) is 0.312. The van der Waals surface area contributed by atoms with Gasteiger partial charge in [-0.05, 0) is 54.5 Å². The summed E-state index contributed by atoms with van der Waals surface area (Å²) in [6.07, 6.45) is 1.79. The van der Waals surface area contributed by atoms with E-state index >= 15 is 0 Å². The molecule has 3 aromatic carbocycles. The van der Waals surface area contributed by atoms with Gasteiger partial charge in [0.15, 0.2) is 16.3 Å². The SMILES string of the molecule is CCOC(=O)C1=C(C)N=c2s/c(=C/c3cc4c(cc3Br)OCO4)c(=O)n2[C@H]1c1c(OC)ccc2ccccc12. The molecule has 0 saturated heterocycles. The Kier molecular flexibility index (Phi) is 6.52. The third-order valence-corrected chi connectivity index (χ3v) is 8.39. The van der Waals surface area contributed by atoms with Gasteiger partial charge in [0.05, 0.1) is 29.5 Å². The van der Waals surface area contributed by atoms with Crippen molar-refractivity contribution in [1.82, 2.24) is 4.57 Å². The van der Waals surface area contributed by atoms with Crippen molar-refractivity contribution in [3.63, 3.8) is 0 Å². The zero-order valence-electron chi connectivity index (χ0n) is 21.3. The average molecular weight is 607 g/mol. The normalized spacial score (nSPS) is 16.3. The van der Waals surface area contributed by atoms with Crippen molar-refractivity contribution in [2.24, 2.45) is 4.99 Å². The summed E-state index contributed by atoms with van der Waals surface area (Å²) in [5, 5.41) is 1.82. The lowest BCUT2D eigenvalue weighted by Crippen LogP contribution is -2.40. The van der Waals surface area contributed by atoms with Crippen molar-refractivity contribution in [3.05, 3.63) is 95.1 Å². The van der Waals surface area contributed by atoms with Crippen LogP contribution in [-0.2, 0) is 9.53 Å². The van der Waals surface area contributed by atoms with E-state index in [1.54, 1.807) is 31.6 Å². The van der Waals surface area contributed by atoms with E-state index in [-0.39, 0.29) is 19.0 Å². The van der Waals surface area contributed by atoms with Gasteiger partial charge in [-0.25, -0.2) is 9.79 Å². The molecule has 2 aliphatic rings. The van der Waals surface area contributed by atoms with Crippen LogP contribution in [0.1, 0.15) is 31.0 Å². The van der Waals surface area contributed by atoms with Gasteiger partial charge < -0.3 is 18.9 Å². The molecule has 198 valence electrons. The number of esters is 1. The first-order valence-corrected chi connectivity index (χ1v) is 13.9. The molecule has 0 N–H and O–H groups in total. The van der Waals surface area contributed by atoms with Crippen LogP contribution in [0.2, 0.25) is 0 Å². The van der Waals surface area contributed by atoms with Crippen molar-refractivity contribution in [1.29, 1.82) is 0 Å². The smallest absolute Gasteiger partial charge is 0.338 e. The number of thiazole rings is 1. The van der Waals surface area contributed by atoms with Gasteiger partial charge in [-0.1, -0.05) is 57.6 Å². The van der Waals surface area contributed by atoms with Crippen LogP contribution in [0, 0.1) is 0 Å². The van der Waals surface area contributed by atoms with Crippen LogP contribution >= 0.6 is 27.3 Å². The number of hydrogen-bond donors (Lipinski definition) is 0. The van der Waals surface area contributed by atoms with Crippen molar-refractivity contribution in [3.8, 4) is 17.2 Å². The molecule has 4 aromatic rings. The van der Waals surface area contributed by atoms with Gasteiger partial charge in [0.1, 0.15) is 11.8 Å². The predicted octanol–water partition coefficient (Wildman–Crippen LogP) is 4.45. The lowest BCUT2D eigenvalue weighted by molar-refractivity contribution is -0.139. The first-order chi connectivity index (χ1) is 18.9. The molecule has 0 bridgehead atoms. The molecule has 8 nitrogen and oxygen atoms in total. The molecule has 3 heterocycles. The highest BCUT2D eigenvalue weighted by Crippen LogP contribution is 2.40. The monoisotopic (exact) mass is 606 g/mol. The van der Waals surface area contributed by atoms with Crippen molar-refractivity contribution in [2.75, 3.05) is 20.5 Å². The zero-order chi connectivity index (χ0) is 27.3. The Bertz CT molecular complexity index is 1870. The van der Waals surface area contributed by atoms with Crippen LogP contribution < -0.4 is 29.1 Å². The number of ether oxygens (including phenoxy) is 4. The fraction of sp³-hybridized carbons (Fsp3) is 0.207. The number of fused-ring (bicyclic) bond motifs is 3. The predicted molar refractivity (Wildman–Crippen MR) is 151 cm³/mol. The molecule has 0 aliphatic carbocycles. The summed E-state index contributed by atoms with van der Waals surface area (Å²) in [7, 11) is 1.58. The minimum Gasteiger partial charge on any atom is -0.496 e. The number of carbonyl (C=O) groups excluding carboxylic acids is 1. The number of carbonyl (C=O) groups is 1. The number of benzene rings is 3. The second-order valence-corrected chi connectivity index (χ2v) is 10.8. The minimum absolute atomic E-state index is 0.149. The summed E-state index contributed by atoms with van der Waals surface area (Å²) in [4.78, 5) is 32.6. The lowest BCUT2D eigenvalue weighted by Gasteiger charge is -2.27. The maximum atomic E-state index is 14.1. The molecule has 0 spiro atoms. The fourth-order valence-corrected chi connectivity index (χ4v) is 6.46. The Hall–Kier alpha value is -3.89. The van der Waals surface area contributed by atoms with Crippen LogP contribution in [0.3, 0.4) is 0 Å². The maximum absolute atomic E-state index is 14.1. The fourth-order valence-electron chi connectivity index (χ4n) is 4.98. The molecule has 0 saturated carbocycles. The van der Waals surface area contributed by atoms with Crippen LogP contribution in [0.25, 0.3) is 16.8 Å². The van der Waals surface area contributed by atoms with Gasteiger partial charge in [0.25, 0.3) is 5.56 Å². The van der Waals surface area contributed by atoms with E-state index in [9.17, 15) is 9.59 Å². The van der Waals surface area contributed by atoms with Crippen LogP contribution in [0.4, 0.5) is 0 Å². The number of methoxy groups -OCH3 is 1. The molecule has 1 atom stereocenters. The Balaban J connectivity index is 1.64. The highest BCUT2D eigenvalue weighted by Gasteiger charge is 2.36. The Morgan fingerprint density at radius 2 is 1.97 bits per heavy atom. The standard InChI is InChI=1S/C29H23BrN2O6S/c1-4-36-28(34)24-15(2)31-29-32(26(24)25-18-8-6-5-7-16(18)9-10-20(25)35-3)27(33)23(39-29)12-17-11-21-22(13-19(17)30)38-14-37-21/h5-13,26H,4,14H2,1-3H3/b23-12+/t26-/m1/s1. The van der Waals surface area contributed by atoms with Crippen LogP contribution in [0.5, 0.6) is 17.2 Å². The van der Waals surface area contributed by atoms with Gasteiger partial charge in [0, 0.05) is 10.0 Å². The molecule has 0 amide bonds. The molecule has 2 aliphatic heterocycles. The van der Waals surface area contributed by atoms with E-state index in [2.05, 4.69) is 20.9 Å². The number of rotatable bonds is 5. The van der Waals surface area contributed by atoms with E-state index < -0.39 is 12.0 Å². The molecular formula is C29H23BrN2O6S. The summed E-state index contributed by atoms with van der Waals surface area (Å²) < 4.78 is 25.0.